The van der Waals surface area contributed by atoms with E-state index in [1.807, 2.05) is 36.9 Å². The fourth-order valence-corrected chi connectivity index (χ4v) is 2.05. The van der Waals surface area contributed by atoms with E-state index in [0.717, 1.165) is 35.9 Å². The second-order valence-electron chi connectivity index (χ2n) is 5.49. The van der Waals surface area contributed by atoms with E-state index in [0.29, 0.717) is 12.6 Å². The zero-order valence-electron chi connectivity index (χ0n) is 13.3. The Morgan fingerprint density at radius 3 is 2.81 bits per heavy atom. The molecule has 0 aromatic carbocycles. The number of pyridine rings is 1. The van der Waals surface area contributed by atoms with Crippen LogP contribution in [0.25, 0.3) is 0 Å². The number of nitrogens with zero attached hydrogens (tertiary/aromatic N) is 3. The molecule has 21 heavy (non-hydrogen) atoms. The second kappa shape index (κ2) is 7.22. The van der Waals surface area contributed by atoms with Gasteiger partial charge in [0.25, 0.3) is 0 Å². The molecule has 0 amide bonds. The van der Waals surface area contributed by atoms with Crippen LogP contribution in [-0.4, -0.2) is 27.2 Å². The van der Waals surface area contributed by atoms with E-state index in [2.05, 4.69) is 29.1 Å². The molecule has 0 aliphatic rings. The van der Waals surface area contributed by atoms with Crippen LogP contribution in [0.15, 0.2) is 24.5 Å². The van der Waals surface area contributed by atoms with Crippen LogP contribution in [0.2, 0.25) is 0 Å². The highest BCUT2D eigenvalue weighted by atomic mass is 16.5. The van der Waals surface area contributed by atoms with Crippen molar-refractivity contribution in [3.8, 4) is 5.75 Å². The lowest BCUT2D eigenvalue weighted by atomic mass is 10.2. The predicted octanol–water partition coefficient (Wildman–Crippen LogP) is 2.24. The number of rotatable bonds is 7. The van der Waals surface area contributed by atoms with Gasteiger partial charge in [-0.1, -0.05) is 13.8 Å². The summed E-state index contributed by atoms with van der Waals surface area (Å²) in [6.45, 7) is 7.56. The molecule has 0 aliphatic heterocycles. The summed E-state index contributed by atoms with van der Waals surface area (Å²) >= 11 is 0. The quantitative estimate of drug-likeness (QED) is 0.849. The van der Waals surface area contributed by atoms with E-state index in [4.69, 9.17) is 4.74 Å². The zero-order valence-corrected chi connectivity index (χ0v) is 13.3. The van der Waals surface area contributed by atoms with Crippen molar-refractivity contribution in [2.45, 2.75) is 39.8 Å². The summed E-state index contributed by atoms with van der Waals surface area (Å²) in [4.78, 5) is 8.87. The van der Waals surface area contributed by atoms with Gasteiger partial charge in [-0.05, 0) is 19.1 Å². The lowest BCUT2D eigenvalue weighted by molar-refractivity contribution is 0.311. The first-order valence-corrected chi connectivity index (χ1v) is 7.35. The first-order valence-electron chi connectivity index (χ1n) is 7.35. The maximum absolute atomic E-state index is 5.90. The summed E-state index contributed by atoms with van der Waals surface area (Å²) in [7, 11) is 1.99. The predicted molar refractivity (Wildman–Crippen MR) is 83.4 cm³/mol. The van der Waals surface area contributed by atoms with Crippen LogP contribution in [0.4, 0.5) is 0 Å². The summed E-state index contributed by atoms with van der Waals surface area (Å²) in [6, 6.07) is 4.40. The molecule has 5 nitrogen and oxygen atoms in total. The van der Waals surface area contributed by atoms with Gasteiger partial charge in [0.2, 0.25) is 0 Å². The molecular weight excluding hydrogens is 264 g/mol. The topological polar surface area (TPSA) is 52.0 Å². The highest BCUT2D eigenvalue weighted by molar-refractivity contribution is 5.29. The fourth-order valence-electron chi connectivity index (χ4n) is 2.05. The minimum Gasteiger partial charge on any atom is -0.491 e. The van der Waals surface area contributed by atoms with Crippen LogP contribution < -0.4 is 10.1 Å². The van der Waals surface area contributed by atoms with E-state index < -0.39 is 0 Å². The number of aryl methyl sites for hydroxylation is 2. The molecular formula is C16H24N4O. The third-order valence-electron chi connectivity index (χ3n) is 3.25. The summed E-state index contributed by atoms with van der Waals surface area (Å²) in [5, 5.41) is 3.38. The van der Waals surface area contributed by atoms with Gasteiger partial charge in [0.05, 0.1) is 12.3 Å². The maximum atomic E-state index is 5.90. The standard InChI is InChI=1S/C16H24N4O/c1-12(2)18-11-14-15(6-5-13(3)19-14)21-10-7-16-17-8-9-20(16)4/h5-6,8-9,12,18H,7,10-11H2,1-4H3. The molecule has 5 heteroatoms. The van der Waals surface area contributed by atoms with Crippen molar-refractivity contribution in [2.24, 2.45) is 7.05 Å². The minimum absolute atomic E-state index is 0.424. The van der Waals surface area contributed by atoms with E-state index in [-0.39, 0.29) is 0 Å². The van der Waals surface area contributed by atoms with E-state index in [9.17, 15) is 0 Å². The smallest absolute Gasteiger partial charge is 0.142 e. The van der Waals surface area contributed by atoms with Crippen LogP contribution in [-0.2, 0) is 20.0 Å². The maximum Gasteiger partial charge on any atom is 0.142 e. The van der Waals surface area contributed by atoms with Crippen LogP contribution in [0.3, 0.4) is 0 Å². The van der Waals surface area contributed by atoms with Crippen LogP contribution in [0.5, 0.6) is 5.75 Å². The summed E-state index contributed by atoms with van der Waals surface area (Å²) in [6.07, 6.45) is 4.54. The molecule has 2 heterocycles. The Hall–Kier alpha value is -1.88. The molecule has 114 valence electrons. The summed E-state index contributed by atoms with van der Waals surface area (Å²) < 4.78 is 7.91. The van der Waals surface area contributed by atoms with Crippen molar-refractivity contribution in [3.63, 3.8) is 0 Å². The molecule has 0 unspecified atom stereocenters. The summed E-state index contributed by atoms with van der Waals surface area (Å²) in [5.41, 5.74) is 1.97. The Balaban J connectivity index is 1.96. The van der Waals surface area contributed by atoms with Gasteiger partial charge in [-0.2, -0.15) is 0 Å². The first-order chi connectivity index (χ1) is 10.1. The lowest BCUT2D eigenvalue weighted by Gasteiger charge is -2.13. The van der Waals surface area contributed by atoms with Gasteiger partial charge in [-0.3, -0.25) is 4.98 Å². The number of hydrogen-bond donors (Lipinski definition) is 1. The molecule has 2 rings (SSSR count). The highest BCUT2D eigenvalue weighted by Crippen LogP contribution is 2.17. The first kappa shape index (κ1) is 15.5. The molecule has 0 bridgehead atoms. The van der Waals surface area contributed by atoms with Gasteiger partial charge in [0.1, 0.15) is 11.6 Å². The van der Waals surface area contributed by atoms with Crippen LogP contribution in [0.1, 0.15) is 31.1 Å². The van der Waals surface area contributed by atoms with Crippen molar-refractivity contribution in [1.82, 2.24) is 19.9 Å². The van der Waals surface area contributed by atoms with Crippen molar-refractivity contribution in [3.05, 3.63) is 41.7 Å². The Morgan fingerprint density at radius 1 is 1.33 bits per heavy atom. The Bertz CT molecular complexity index is 577. The fraction of sp³-hybridized carbons (Fsp3) is 0.500. The second-order valence-corrected chi connectivity index (χ2v) is 5.49. The van der Waals surface area contributed by atoms with Gasteiger partial charge < -0.3 is 14.6 Å². The SMILES string of the molecule is Cc1ccc(OCCc2nccn2C)c(CNC(C)C)n1. The number of aromatic nitrogens is 3. The number of imidazole rings is 1. The van der Waals surface area contributed by atoms with Crippen molar-refractivity contribution in [2.75, 3.05) is 6.61 Å². The van der Waals surface area contributed by atoms with Gasteiger partial charge in [-0.25, -0.2) is 4.98 Å². The van der Waals surface area contributed by atoms with Gasteiger partial charge >= 0.3 is 0 Å². The Labute approximate surface area is 126 Å². The molecule has 0 aliphatic carbocycles. The number of hydrogen-bond acceptors (Lipinski definition) is 4. The van der Waals surface area contributed by atoms with Crippen molar-refractivity contribution in [1.29, 1.82) is 0 Å². The zero-order chi connectivity index (χ0) is 15.2. The molecule has 0 fully saturated rings. The molecule has 0 saturated carbocycles. The minimum atomic E-state index is 0.424. The van der Waals surface area contributed by atoms with Crippen LogP contribution in [0, 0.1) is 6.92 Å². The van der Waals surface area contributed by atoms with Gasteiger partial charge in [-0.15, -0.1) is 0 Å². The van der Waals surface area contributed by atoms with E-state index in [1.165, 1.54) is 0 Å². The molecule has 2 aromatic rings. The highest BCUT2D eigenvalue weighted by Gasteiger charge is 2.07. The number of ether oxygens (including phenoxy) is 1. The third-order valence-corrected chi connectivity index (χ3v) is 3.25. The van der Waals surface area contributed by atoms with Crippen LogP contribution >= 0.6 is 0 Å². The van der Waals surface area contributed by atoms with Gasteiger partial charge in [0.15, 0.2) is 0 Å². The lowest BCUT2D eigenvalue weighted by Crippen LogP contribution is -2.23. The van der Waals surface area contributed by atoms with Crippen molar-refractivity contribution >= 4 is 0 Å². The van der Waals surface area contributed by atoms with E-state index in [1.54, 1.807) is 6.20 Å². The molecule has 2 aromatic heterocycles. The van der Waals surface area contributed by atoms with Crippen molar-refractivity contribution < 1.29 is 4.74 Å². The third kappa shape index (κ3) is 4.56. The largest absolute Gasteiger partial charge is 0.491 e. The molecule has 0 spiro atoms. The molecule has 0 radical (unpaired) electrons. The van der Waals surface area contributed by atoms with E-state index >= 15 is 0 Å². The average molecular weight is 288 g/mol. The Morgan fingerprint density at radius 2 is 2.14 bits per heavy atom. The monoisotopic (exact) mass is 288 g/mol. The molecule has 0 atom stereocenters. The number of nitrogens with one attached hydrogen (secondary N) is 1. The normalized spacial score (nSPS) is 11.1. The molecule has 1 N–H and O–H groups in total. The summed E-state index contributed by atoms with van der Waals surface area (Å²) in [5.74, 6) is 1.87. The average Bonchev–Trinajstić information content (AvgIpc) is 2.84. The molecule has 0 saturated heterocycles. The van der Waals surface area contributed by atoms with Gasteiger partial charge in [0, 0.05) is 44.1 Å². The Kier molecular flexibility index (Phi) is 5.33.